The number of rotatable bonds is 6. The van der Waals surface area contributed by atoms with Crippen molar-refractivity contribution >= 4 is 40.0 Å². The van der Waals surface area contributed by atoms with Crippen LogP contribution in [0.3, 0.4) is 0 Å². The molecule has 5 rings (SSSR count). The molecule has 5 N–H and O–H groups in total. The molecule has 16 nitrogen and oxygen atoms in total. The van der Waals surface area contributed by atoms with Crippen LogP contribution in [-0.2, 0) is 28.6 Å². The normalized spacial score (nSPS) is 29.3. The largest absolute Gasteiger partial charge is 0.507 e. The fourth-order valence-electron chi connectivity index (χ4n) is 7.20. The van der Waals surface area contributed by atoms with Gasteiger partial charge in [0, 0.05) is 88.4 Å². The number of aromatic hydroxyl groups is 2. The Morgan fingerprint density at radius 3 is 2.21 bits per heavy atom. The van der Waals surface area contributed by atoms with Crippen molar-refractivity contribution in [3.63, 3.8) is 0 Å². The van der Waals surface area contributed by atoms with Crippen LogP contribution in [0.5, 0.6) is 23.0 Å². The van der Waals surface area contributed by atoms with Gasteiger partial charge in [-0.1, -0.05) is 45.9 Å². The minimum absolute atomic E-state index is 0.0673. The van der Waals surface area contributed by atoms with Gasteiger partial charge in [-0.05, 0) is 19.9 Å². The van der Waals surface area contributed by atoms with Gasteiger partial charge < -0.3 is 49.4 Å². The van der Waals surface area contributed by atoms with Gasteiger partial charge in [0.25, 0.3) is 17.6 Å². The number of amides is 2. The number of esters is 1. The van der Waals surface area contributed by atoms with E-state index in [0.29, 0.717) is 0 Å². The molecule has 318 valence electrons. The van der Waals surface area contributed by atoms with Crippen molar-refractivity contribution in [2.24, 2.45) is 23.7 Å². The quantitative estimate of drug-likeness (QED) is 0.156. The smallest absolute Gasteiger partial charge is 0.312 e. The topological polar surface area (TPSA) is 214 Å². The molecular formula is C42H57N3O13. The number of benzene rings is 2. The zero-order valence-electron chi connectivity index (χ0n) is 35.1. The van der Waals surface area contributed by atoms with E-state index in [1.54, 1.807) is 53.9 Å². The highest BCUT2D eigenvalue weighted by Gasteiger charge is 2.49. The lowest BCUT2D eigenvalue weighted by molar-refractivity contribution is -0.160. The molecule has 0 aromatic heterocycles. The van der Waals surface area contributed by atoms with Crippen LogP contribution in [0.2, 0.25) is 0 Å². The summed E-state index contributed by atoms with van der Waals surface area (Å²) in [6, 6.07) is 1.25. The van der Waals surface area contributed by atoms with Crippen molar-refractivity contribution in [3.8, 4) is 23.0 Å². The van der Waals surface area contributed by atoms with Crippen molar-refractivity contribution in [2.75, 3.05) is 40.2 Å². The van der Waals surface area contributed by atoms with Gasteiger partial charge in [-0.2, -0.15) is 0 Å². The lowest BCUT2D eigenvalue weighted by Gasteiger charge is -2.38. The fourth-order valence-corrected chi connectivity index (χ4v) is 7.20. The van der Waals surface area contributed by atoms with Gasteiger partial charge in [0.1, 0.15) is 23.4 Å². The number of methoxy groups -OCH3 is 1. The Morgan fingerprint density at radius 2 is 1.60 bits per heavy atom. The summed E-state index contributed by atoms with van der Waals surface area (Å²) in [4.78, 5) is 53.3. The van der Waals surface area contributed by atoms with E-state index in [9.17, 15) is 39.6 Å². The highest BCUT2D eigenvalue weighted by Crippen LogP contribution is 2.54. The molecule has 9 atom stereocenters. The molecule has 2 aromatic carbocycles. The Bertz CT molecular complexity index is 2010. The predicted octanol–water partition coefficient (Wildman–Crippen LogP) is 4.36. The SMILES string of the molecule is COC1/C=C/OC2(C)Oc3c(C)c(O)c4c(O)c(cc(OCC(=O)N(C)N(C)C)c4c3C2=O)NC(=O)C(C)=C/C=C/C(C)C(O)C(C)C(O)C(C)C(OC(C)=O)C1C. The number of fused-ring (bicyclic) bond motifs is 14. The zero-order chi connectivity index (χ0) is 43.5. The van der Waals surface area contributed by atoms with Gasteiger partial charge in [-0.25, -0.2) is 5.01 Å². The Kier molecular flexibility index (Phi) is 14.3. The second-order valence-electron chi connectivity index (χ2n) is 15.5. The summed E-state index contributed by atoms with van der Waals surface area (Å²) >= 11 is 0. The number of carbonyl (C=O) groups is 4. The molecule has 0 spiro atoms. The Morgan fingerprint density at radius 1 is 0.948 bits per heavy atom. The second kappa shape index (κ2) is 18.2. The molecule has 16 heteroatoms. The van der Waals surface area contributed by atoms with Crippen LogP contribution in [0.1, 0.15) is 64.4 Å². The van der Waals surface area contributed by atoms with Gasteiger partial charge in [0.05, 0.1) is 41.2 Å². The first kappa shape index (κ1) is 45.5. The molecular weight excluding hydrogens is 754 g/mol. The standard InChI is InChI=1S/C42H57N3O13/c1-20-14-13-15-21(2)41(53)43-27-18-29(55-19-30(47)45(11)44(9)10)31-32(37(27)51)36(50)25(6)39-33(31)40(52)42(8,58-39)56-17-16-28(54-12)22(3)38(57-26(7)46)24(5)35(49)23(4)34(20)48/h13-18,20,22-24,28,34-35,38,48-51H,19H2,1-12H3,(H,43,53)/b14-13+,17-16+,21-15?. The molecule has 3 aliphatic rings. The number of carbonyl (C=O) groups excluding carboxylic acids is 4. The van der Waals surface area contributed by atoms with E-state index in [-0.39, 0.29) is 44.7 Å². The second-order valence-corrected chi connectivity index (χ2v) is 15.5. The number of likely N-dealkylation sites (N-methyl/N-ethyl adjacent to an activating group) is 1. The maximum atomic E-state index is 14.4. The van der Waals surface area contributed by atoms with Crippen molar-refractivity contribution in [1.29, 1.82) is 0 Å². The lowest BCUT2D eigenvalue weighted by atomic mass is 9.78. The fraction of sp³-hybridized carbons (Fsp3) is 0.524. The first-order valence-electron chi connectivity index (χ1n) is 19.0. The summed E-state index contributed by atoms with van der Waals surface area (Å²) in [6.45, 7) is 12.0. The predicted molar refractivity (Wildman–Crippen MR) is 214 cm³/mol. The van der Waals surface area contributed by atoms with E-state index in [0.717, 1.165) is 0 Å². The number of nitrogens with zero attached hydrogens (tertiary/aromatic N) is 2. The minimum atomic E-state index is -2.03. The molecule has 3 aliphatic heterocycles. The number of phenolic OH excluding ortho intramolecular Hbond substituents is 2. The first-order chi connectivity index (χ1) is 27.1. The van der Waals surface area contributed by atoms with Crippen LogP contribution in [0.15, 0.2) is 42.2 Å². The van der Waals surface area contributed by atoms with E-state index < -0.39 is 95.5 Å². The van der Waals surface area contributed by atoms with Gasteiger partial charge in [-0.3, -0.25) is 24.2 Å². The van der Waals surface area contributed by atoms with E-state index in [1.807, 2.05) is 0 Å². The summed E-state index contributed by atoms with van der Waals surface area (Å²) < 4.78 is 29.6. The summed E-state index contributed by atoms with van der Waals surface area (Å²) in [5.41, 5.74) is -0.0581. The molecule has 9 unspecified atom stereocenters. The number of allylic oxidation sites excluding steroid dienone is 2. The molecule has 5 bridgehead atoms. The zero-order valence-corrected chi connectivity index (χ0v) is 35.1. The number of hydrogen-bond donors (Lipinski definition) is 5. The monoisotopic (exact) mass is 811 g/mol. The van der Waals surface area contributed by atoms with Crippen molar-refractivity contribution in [3.05, 3.63) is 53.3 Å². The van der Waals surface area contributed by atoms with Gasteiger partial charge in [0.2, 0.25) is 0 Å². The molecule has 0 radical (unpaired) electrons. The Hall–Kier alpha value is -5.16. The molecule has 0 fully saturated rings. The first-order valence-corrected chi connectivity index (χ1v) is 19.0. The Balaban J connectivity index is 1.94. The Labute approximate surface area is 338 Å². The molecule has 2 aromatic rings. The van der Waals surface area contributed by atoms with Gasteiger partial charge in [-0.15, -0.1) is 0 Å². The summed E-state index contributed by atoms with van der Waals surface area (Å²) in [5, 5.41) is 51.1. The van der Waals surface area contributed by atoms with Gasteiger partial charge >= 0.3 is 11.8 Å². The average Bonchev–Trinajstić information content (AvgIpc) is 3.44. The molecule has 0 saturated carbocycles. The van der Waals surface area contributed by atoms with Crippen LogP contribution >= 0.6 is 0 Å². The molecule has 58 heavy (non-hydrogen) atoms. The maximum Gasteiger partial charge on any atom is 0.312 e. The highest BCUT2D eigenvalue weighted by molar-refractivity contribution is 6.21. The number of hydrogen-bond acceptors (Lipinski definition) is 14. The third-order valence-corrected chi connectivity index (χ3v) is 11.1. The van der Waals surface area contributed by atoms with Crippen molar-refractivity contribution in [1.82, 2.24) is 10.0 Å². The summed E-state index contributed by atoms with van der Waals surface area (Å²) in [7, 11) is 6.27. The van der Waals surface area contributed by atoms with Crippen LogP contribution in [-0.4, -0.2) is 119 Å². The molecule has 2 amide bonds. The molecule has 0 aliphatic carbocycles. The number of ketones is 1. The number of anilines is 1. The lowest BCUT2D eigenvalue weighted by Crippen LogP contribution is -2.46. The average molecular weight is 812 g/mol. The maximum absolute atomic E-state index is 14.4. The number of hydrazine groups is 1. The number of aliphatic hydroxyl groups is 2. The van der Waals surface area contributed by atoms with Gasteiger partial charge in [0.15, 0.2) is 12.4 Å². The van der Waals surface area contributed by atoms with Crippen LogP contribution in [0.4, 0.5) is 5.69 Å². The summed E-state index contributed by atoms with van der Waals surface area (Å²) in [5.74, 6) is -8.24. The van der Waals surface area contributed by atoms with E-state index >= 15 is 0 Å². The van der Waals surface area contributed by atoms with Crippen LogP contribution in [0.25, 0.3) is 10.8 Å². The van der Waals surface area contributed by atoms with E-state index in [2.05, 4.69) is 5.32 Å². The number of nitrogens with one attached hydrogen (secondary N) is 1. The number of phenols is 2. The minimum Gasteiger partial charge on any atom is -0.507 e. The molecule has 3 heterocycles. The van der Waals surface area contributed by atoms with E-state index in [4.69, 9.17) is 23.7 Å². The summed E-state index contributed by atoms with van der Waals surface area (Å²) in [6.07, 6.45) is 3.55. The number of aliphatic hydroxyl groups excluding tert-OH is 2. The molecule has 0 saturated heterocycles. The highest BCUT2D eigenvalue weighted by atomic mass is 16.7. The third-order valence-electron chi connectivity index (χ3n) is 11.1. The van der Waals surface area contributed by atoms with E-state index in [1.165, 1.54) is 76.4 Å². The van der Waals surface area contributed by atoms with Crippen molar-refractivity contribution < 1.29 is 63.3 Å². The van der Waals surface area contributed by atoms with Crippen LogP contribution < -0.4 is 14.8 Å². The number of Topliss-reactive ketones (excluding diaryl/α,β-unsaturated/α-hetero) is 1. The van der Waals surface area contributed by atoms with Crippen LogP contribution in [0, 0.1) is 30.6 Å². The number of ether oxygens (including phenoxy) is 5. The third kappa shape index (κ3) is 9.09. The van der Waals surface area contributed by atoms with Crippen molar-refractivity contribution in [2.45, 2.75) is 85.6 Å².